The second-order valence-corrected chi connectivity index (χ2v) is 12.4. The van der Waals surface area contributed by atoms with Crippen molar-refractivity contribution in [2.45, 2.75) is 111 Å². The van der Waals surface area contributed by atoms with Crippen molar-refractivity contribution in [3.05, 3.63) is 35.9 Å². The summed E-state index contributed by atoms with van der Waals surface area (Å²) in [4.78, 5) is 70.4. The maximum atomic E-state index is 13.9. The van der Waals surface area contributed by atoms with Crippen molar-refractivity contribution in [3.8, 4) is 0 Å². The average Bonchev–Trinajstić information content (AvgIpc) is 2.99. The summed E-state index contributed by atoms with van der Waals surface area (Å²) in [7, 11) is 1.55. The van der Waals surface area contributed by atoms with E-state index >= 15 is 0 Å². The smallest absolute Gasteiger partial charge is 0.329 e. The van der Waals surface area contributed by atoms with Crippen LogP contribution in [0.1, 0.15) is 80.2 Å². The predicted molar refractivity (Wildman–Crippen MR) is 166 cm³/mol. The van der Waals surface area contributed by atoms with Crippen molar-refractivity contribution in [2.75, 3.05) is 7.05 Å². The molecule has 1 fully saturated rings. The van der Waals surface area contributed by atoms with Crippen LogP contribution in [-0.2, 0) is 35.1 Å². The summed E-state index contributed by atoms with van der Waals surface area (Å²) < 4.78 is 5.84. The minimum atomic E-state index is -1.17. The summed E-state index contributed by atoms with van der Waals surface area (Å²) in [6.07, 6.45) is 0.699. The molecule has 8 atom stereocenters. The zero-order valence-corrected chi connectivity index (χ0v) is 27.3. The lowest BCUT2D eigenvalue weighted by atomic mass is 9.93. The molecule has 0 saturated carbocycles. The molecule has 1 aromatic carbocycles. The highest BCUT2D eigenvalue weighted by molar-refractivity contribution is 5.96. The molecule has 1 aromatic rings. The second-order valence-electron chi connectivity index (χ2n) is 12.4. The highest BCUT2D eigenvalue weighted by atomic mass is 16.6. The summed E-state index contributed by atoms with van der Waals surface area (Å²) in [5, 5.41) is 8.56. The number of ether oxygens (including phenoxy) is 1. The number of cyclic esters (lactones) is 1. The van der Waals surface area contributed by atoms with Gasteiger partial charge in [-0.1, -0.05) is 98.6 Å². The Balaban J connectivity index is 2.70. The van der Waals surface area contributed by atoms with Gasteiger partial charge in [0.25, 0.3) is 5.91 Å². The topological polar surface area (TPSA) is 134 Å². The number of rotatable bonds is 9. The van der Waals surface area contributed by atoms with Crippen LogP contribution in [0, 0.1) is 23.7 Å². The molecule has 3 N–H and O–H groups in total. The monoisotopic (exact) mass is 600 g/mol. The lowest BCUT2D eigenvalue weighted by Crippen LogP contribution is -2.60. The van der Waals surface area contributed by atoms with Crippen LogP contribution in [0.25, 0.3) is 0 Å². The number of hydrogen-bond donors (Lipinski definition) is 3. The predicted octanol–water partition coefficient (Wildman–Crippen LogP) is 3.23. The average molecular weight is 601 g/mol. The van der Waals surface area contributed by atoms with E-state index < -0.39 is 59.9 Å². The maximum absolute atomic E-state index is 13.9. The molecular weight excluding hydrogens is 548 g/mol. The van der Waals surface area contributed by atoms with Crippen LogP contribution < -0.4 is 16.0 Å². The van der Waals surface area contributed by atoms with Gasteiger partial charge in [0.15, 0.2) is 6.10 Å². The molecule has 1 aliphatic rings. The van der Waals surface area contributed by atoms with Crippen LogP contribution >= 0.6 is 0 Å². The number of hydrogen-bond acceptors (Lipinski definition) is 6. The van der Waals surface area contributed by atoms with Gasteiger partial charge in [-0.2, -0.15) is 0 Å². The van der Waals surface area contributed by atoms with Gasteiger partial charge in [0, 0.05) is 19.4 Å². The van der Waals surface area contributed by atoms with Crippen LogP contribution in [-0.4, -0.2) is 71.8 Å². The fourth-order valence-electron chi connectivity index (χ4n) is 5.22. The third kappa shape index (κ3) is 9.28. The Labute approximate surface area is 257 Å². The number of benzene rings is 1. The molecule has 0 aromatic heterocycles. The molecule has 1 heterocycles. The molecule has 240 valence electrons. The first-order valence-electron chi connectivity index (χ1n) is 15.7. The molecule has 4 amide bonds. The number of likely N-dealkylation sites (N-methyl/N-ethyl adjacent to an activating group) is 1. The third-order valence-electron chi connectivity index (χ3n) is 8.79. The summed E-state index contributed by atoms with van der Waals surface area (Å²) in [5.41, 5.74) is 0.819. The fourth-order valence-corrected chi connectivity index (χ4v) is 5.22. The molecule has 1 saturated heterocycles. The number of carbonyl (C=O) groups is 5. The van der Waals surface area contributed by atoms with E-state index in [1.807, 2.05) is 78.8 Å². The second kappa shape index (κ2) is 16.4. The van der Waals surface area contributed by atoms with Gasteiger partial charge < -0.3 is 25.6 Å². The third-order valence-corrected chi connectivity index (χ3v) is 8.79. The zero-order chi connectivity index (χ0) is 32.4. The quantitative estimate of drug-likeness (QED) is 0.373. The first kappa shape index (κ1) is 35.8. The van der Waals surface area contributed by atoms with E-state index in [1.165, 1.54) is 4.90 Å². The van der Waals surface area contributed by atoms with Gasteiger partial charge in [-0.05, 0) is 29.7 Å². The molecule has 0 radical (unpaired) electrons. The molecule has 2 rings (SSSR count). The number of amides is 4. The van der Waals surface area contributed by atoms with Gasteiger partial charge in [0.05, 0.1) is 0 Å². The van der Waals surface area contributed by atoms with E-state index in [-0.39, 0.29) is 30.1 Å². The Morgan fingerprint density at radius 3 is 1.81 bits per heavy atom. The molecule has 1 aliphatic heterocycles. The first-order valence-corrected chi connectivity index (χ1v) is 15.7. The van der Waals surface area contributed by atoms with E-state index in [0.29, 0.717) is 19.3 Å². The fraction of sp³-hybridized carbons (Fsp3) is 0.667. The van der Waals surface area contributed by atoms with E-state index in [9.17, 15) is 24.0 Å². The highest BCUT2D eigenvalue weighted by Crippen LogP contribution is 2.21. The number of esters is 1. The highest BCUT2D eigenvalue weighted by Gasteiger charge is 2.41. The normalized spacial score (nSPS) is 26.8. The van der Waals surface area contributed by atoms with Gasteiger partial charge in [-0.25, -0.2) is 4.79 Å². The SMILES string of the molecule is CC[C@@H](C)[C@@H]1NC(=O)[C@H](Cc2ccccc2)NC(=O)[C@H]([C@H](C)CC)N(C)C(=O)[C@H](C(C)C)NC(=O)[C@H]([C@@H](C)CC)OC1=O. The van der Waals surface area contributed by atoms with E-state index in [4.69, 9.17) is 4.74 Å². The van der Waals surface area contributed by atoms with Crippen molar-refractivity contribution in [1.82, 2.24) is 20.9 Å². The number of nitrogens with one attached hydrogen (secondary N) is 3. The molecule has 43 heavy (non-hydrogen) atoms. The molecular formula is C33H52N4O6. The Bertz CT molecular complexity index is 1110. The van der Waals surface area contributed by atoms with Crippen molar-refractivity contribution in [3.63, 3.8) is 0 Å². The standard InChI is InChI=1S/C33H52N4O6/c1-10-20(6)26-33(42)43-28(22(8)12-3)31(40)35-25(19(4)5)32(41)37(9)27(21(7)11-2)30(39)34-24(29(38)36-26)18-23-16-14-13-15-17-23/h13-17,19-22,24-28H,10-12,18H2,1-9H3,(H,34,39)(H,35,40)(H,36,38)/t20-,21-,22+,24+,25+,26+,27+,28+/m1/s1. The van der Waals surface area contributed by atoms with Crippen LogP contribution in [0.5, 0.6) is 0 Å². The van der Waals surface area contributed by atoms with Gasteiger partial charge >= 0.3 is 5.97 Å². The largest absolute Gasteiger partial charge is 0.450 e. The maximum Gasteiger partial charge on any atom is 0.329 e. The van der Waals surface area contributed by atoms with Gasteiger partial charge in [0.1, 0.15) is 24.2 Å². The van der Waals surface area contributed by atoms with Crippen molar-refractivity contribution in [1.29, 1.82) is 0 Å². The molecule has 0 unspecified atom stereocenters. The van der Waals surface area contributed by atoms with E-state index in [0.717, 1.165) is 5.56 Å². The van der Waals surface area contributed by atoms with E-state index in [2.05, 4.69) is 16.0 Å². The Kier molecular flexibility index (Phi) is 13.7. The van der Waals surface area contributed by atoms with Gasteiger partial charge in [0.2, 0.25) is 17.7 Å². The molecule has 0 bridgehead atoms. The van der Waals surface area contributed by atoms with Gasteiger partial charge in [-0.3, -0.25) is 19.2 Å². The summed E-state index contributed by atoms with van der Waals surface area (Å²) in [6.45, 7) is 14.8. The van der Waals surface area contributed by atoms with Crippen LogP contribution in [0.4, 0.5) is 0 Å². The van der Waals surface area contributed by atoms with Gasteiger partial charge in [-0.15, -0.1) is 0 Å². The lowest BCUT2D eigenvalue weighted by molar-refractivity contribution is -0.163. The van der Waals surface area contributed by atoms with Crippen molar-refractivity contribution >= 4 is 29.6 Å². The zero-order valence-electron chi connectivity index (χ0n) is 27.3. The molecule has 0 aliphatic carbocycles. The molecule has 0 spiro atoms. The summed E-state index contributed by atoms with van der Waals surface area (Å²) in [6, 6.07) is 5.34. The van der Waals surface area contributed by atoms with Crippen molar-refractivity contribution < 1.29 is 28.7 Å². The Morgan fingerprint density at radius 1 is 0.721 bits per heavy atom. The van der Waals surface area contributed by atoms with Crippen LogP contribution in [0.2, 0.25) is 0 Å². The number of carbonyl (C=O) groups excluding carboxylic acids is 5. The first-order chi connectivity index (χ1) is 20.3. The minimum Gasteiger partial charge on any atom is -0.450 e. The van der Waals surface area contributed by atoms with Crippen LogP contribution in [0.15, 0.2) is 30.3 Å². The molecule has 10 nitrogen and oxygen atoms in total. The van der Waals surface area contributed by atoms with Crippen molar-refractivity contribution in [2.24, 2.45) is 23.7 Å². The summed E-state index contributed by atoms with van der Waals surface area (Å²) in [5.74, 6) is -4.01. The Hall–Kier alpha value is -3.43. The molecule has 10 heteroatoms. The Morgan fingerprint density at radius 2 is 1.28 bits per heavy atom. The summed E-state index contributed by atoms with van der Waals surface area (Å²) >= 11 is 0. The van der Waals surface area contributed by atoms with Crippen LogP contribution in [0.3, 0.4) is 0 Å². The minimum absolute atomic E-state index is 0.176. The number of nitrogens with zero attached hydrogens (tertiary/aromatic N) is 1. The lowest BCUT2D eigenvalue weighted by Gasteiger charge is -2.36. The van der Waals surface area contributed by atoms with E-state index in [1.54, 1.807) is 14.0 Å².